The van der Waals surface area contributed by atoms with Crippen LogP contribution in [0.5, 0.6) is 0 Å². The third-order valence-electron chi connectivity index (χ3n) is 8.37. The summed E-state index contributed by atoms with van der Waals surface area (Å²) in [5.41, 5.74) is 1.47. The number of carbonyl (C=O) groups excluding carboxylic acids is 2. The Bertz CT molecular complexity index is 1330. The fourth-order valence-electron chi connectivity index (χ4n) is 6.57. The molecule has 196 valence electrons. The summed E-state index contributed by atoms with van der Waals surface area (Å²) in [6.45, 7) is 11.6. The van der Waals surface area contributed by atoms with Gasteiger partial charge in [-0.05, 0) is 63.2 Å². The van der Waals surface area contributed by atoms with Crippen molar-refractivity contribution < 1.29 is 22.2 Å². The van der Waals surface area contributed by atoms with Crippen molar-refractivity contribution in [3.05, 3.63) is 41.1 Å². The smallest absolute Gasteiger partial charge is 0.264 e. The number of hydrogen-bond acceptors (Lipinski definition) is 8. The van der Waals surface area contributed by atoms with Crippen LogP contribution in [0.4, 0.5) is 0 Å². The molecule has 0 aromatic carbocycles. The Labute approximate surface area is 217 Å². The number of hydrogen-bond donors (Lipinski definition) is 0. The molecule has 6 aliphatic carbocycles. The standard InChI is InChI=1S/C12H13N3O.C9H14O4S.C5H4N2/c1-9(16)12-5-11(6-12,7-12)8-15-4-10(2-13)3-14-15;1-7(10)9-3-8(4-9,5-9)6-13-14(2,11)12;1-6-5-2-3-7-4-5/h3-4H,5-8H2,1H3;3-6H2,1-2H3;2,4H,3H2. The summed E-state index contributed by atoms with van der Waals surface area (Å²) in [6, 6.07) is 2.07. The summed E-state index contributed by atoms with van der Waals surface area (Å²) in [5.74, 6) is 0.575. The third kappa shape index (κ3) is 5.29. The predicted octanol–water partition coefficient (Wildman–Crippen LogP) is 3.11. The highest BCUT2D eigenvalue weighted by Crippen LogP contribution is 2.74. The largest absolute Gasteiger partial charge is 0.302 e. The Balaban J connectivity index is 0.000000139. The normalized spacial score (nSPS) is 33.2. The Morgan fingerprint density at radius 3 is 2.08 bits per heavy atom. The molecule has 0 saturated heterocycles. The molecule has 6 saturated carbocycles. The minimum atomic E-state index is -3.33. The minimum absolute atomic E-state index is 0.00521. The lowest BCUT2D eigenvalue weighted by molar-refractivity contribution is -0.213. The second kappa shape index (κ2) is 9.30. The fourth-order valence-corrected chi connectivity index (χ4v) is 7.03. The topological polar surface area (TPSA) is 136 Å². The molecule has 7 aliphatic rings. The van der Waals surface area contributed by atoms with Gasteiger partial charge >= 0.3 is 0 Å². The molecule has 37 heavy (non-hydrogen) atoms. The maximum Gasteiger partial charge on any atom is 0.264 e. The molecule has 0 radical (unpaired) electrons. The summed E-state index contributed by atoms with van der Waals surface area (Å²) < 4.78 is 28.1. The van der Waals surface area contributed by atoms with Crippen LogP contribution in [0.25, 0.3) is 4.85 Å². The molecule has 1 aliphatic heterocycles. The van der Waals surface area contributed by atoms with E-state index in [4.69, 9.17) is 16.0 Å². The van der Waals surface area contributed by atoms with Crippen LogP contribution in [0.3, 0.4) is 0 Å². The van der Waals surface area contributed by atoms with Gasteiger partial charge in [-0.1, -0.05) is 6.08 Å². The number of nitrogens with zero attached hydrogens (tertiary/aromatic N) is 5. The lowest BCUT2D eigenvalue weighted by atomic mass is 9.34. The molecular formula is C26H31N5O5S. The Morgan fingerprint density at radius 1 is 1.14 bits per heavy atom. The second-order valence-electron chi connectivity index (χ2n) is 11.5. The maximum atomic E-state index is 11.4. The van der Waals surface area contributed by atoms with Crippen LogP contribution in [0.2, 0.25) is 0 Å². The predicted molar refractivity (Wildman–Crippen MR) is 135 cm³/mol. The van der Waals surface area contributed by atoms with Crippen molar-refractivity contribution in [2.75, 3.05) is 19.4 Å². The first-order valence-electron chi connectivity index (χ1n) is 12.1. The molecule has 8 rings (SSSR count). The van der Waals surface area contributed by atoms with Crippen molar-refractivity contribution in [3.8, 4) is 6.07 Å². The molecule has 2 heterocycles. The van der Waals surface area contributed by atoms with Gasteiger partial charge in [0.25, 0.3) is 10.1 Å². The van der Waals surface area contributed by atoms with E-state index in [0.29, 0.717) is 29.0 Å². The summed E-state index contributed by atoms with van der Waals surface area (Å²) in [7, 11) is -3.33. The van der Waals surface area contributed by atoms with Crippen molar-refractivity contribution in [1.82, 2.24) is 9.78 Å². The van der Waals surface area contributed by atoms with E-state index in [9.17, 15) is 18.0 Å². The number of ketones is 2. The Kier molecular flexibility index (Phi) is 6.76. The van der Waals surface area contributed by atoms with Crippen molar-refractivity contribution in [1.29, 1.82) is 5.26 Å². The zero-order valence-corrected chi connectivity index (χ0v) is 22.2. The van der Waals surface area contributed by atoms with E-state index < -0.39 is 10.1 Å². The number of nitriles is 1. The summed E-state index contributed by atoms with van der Waals surface area (Å²) in [6.07, 6.45) is 13.3. The zero-order chi connectivity index (χ0) is 27.1. The molecule has 1 aromatic heterocycles. The van der Waals surface area contributed by atoms with Gasteiger partial charge in [-0.2, -0.15) is 18.8 Å². The number of allylic oxidation sites excluding steroid dienone is 1. The van der Waals surface area contributed by atoms with Gasteiger partial charge in [0.05, 0.1) is 31.2 Å². The molecule has 0 amide bonds. The van der Waals surface area contributed by atoms with E-state index in [1.54, 1.807) is 38.5 Å². The highest BCUT2D eigenvalue weighted by Gasteiger charge is 2.70. The van der Waals surface area contributed by atoms with E-state index >= 15 is 0 Å². The average Bonchev–Trinajstić information content (AvgIpc) is 3.38. The molecule has 0 atom stereocenters. The number of aromatic nitrogens is 2. The van der Waals surface area contributed by atoms with E-state index in [0.717, 1.165) is 51.3 Å². The zero-order valence-electron chi connectivity index (χ0n) is 21.4. The Morgan fingerprint density at radius 2 is 1.70 bits per heavy atom. The molecule has 0 N–H and O–H groups in total. The number of rotatable bonds is 7. The first-order chi connectivity index (χ1) is 17.3. The highest BCUT2D eigenvalue weighted by atomic mass is 32.2. The van der Waals surface area contributed by atoms with Gasteiger partial charge in [0.2, 0.25) is 5.70 Å². The van der Waals surface area contributed by atoms with Gasteiger partial charge in [-0.3, -0.25) is 18.5 Å². The first-order valence-corrected chi connectivity index (χ1v) is 14.0. The van der Waals surface area contributed by atoms with Gasteiger partial charge in [0.15, 0.2) is 0 Å². The van der Waals surface area contributed by atoms with E-state index in [1.807, 2.05) is 4.68 Å². The summed E-state index contributed by atoms with van der Waals surface area (Å²) in [5, 5.41) is 12.9. The van der Waals surface area contributed by atoms with Crippen LogP contribution in [0.1, 0.15) is 57.9 Å². The van der Waals surface area contributed by atoms with E-state index in [2.05, 4.69) is 21.0 Å². The minimum Gasteiger partial charge on any atom is -0.302 e. The quantitative estimate of drug-likeness (QED) is 0.394. The van der Waals surface area contributed by atoms with Crippen LogP contribution < -0.4 is 0 Å². The molecule has 0 spiro atoms. The van der Waals surface area contributed by atoms with E-state index in [-0.39, 0.29) is 28.6 Å². The summed E-state index contributed by atoms with van der Waals surface area (Å²) >= 11 is 0. The summed E-state index contributed by atoms with van der Waals surface area (Å²) in [4.78, 5) is 29.5. The molecule has 10 nitrogen and oxygen atoms in total. The maximum absolute atomic E-state index is 11.4. The molecule has 11 heteroatoms. The van der Waals surface area contributed by atoms with Gasteiger partial charge in [0.1, 0.15) is 17.6 Å². The van der Waals surface area contributed by atoms with Crippen molar-refractivity contribution in [2.24, 2.45) is 26.7 Å². The molecule has 4 bridgehead atoms. The number of carbonyl (C=O) groups is 2. The van der Waals surface area contributed by atoms with Gasteiger partial charge < -0.3 is 4.99 Å². The average molecular weight is 526 g/mol. The Hall–Kier alpha value is -3.15. The molecular weight excluding hydrogens is 494 g/mol. The highest BCUT2D eigenvalue weighted by molar-refractivity contribution is 7.85. The van der Waals surface area contributed by atoms with Gasteiger partial charge in [-0.25, -0.2) is 4.85 Å². The third-order valence-corrected chi connectivity index (χ3v) is 8.92. The SMILES string of the molecule is CC(=O)C12CC(COS(C)(=O)=O)(C1)C2.CC(=O)C12CC(Cn3cc(C#N)cn3)(C1)C2.[C-]#[N+]C1=CCN=C1. The van der Waals surface area contributed by atoms with Gasteiger partial charge in [0, 0.05) is 36.3 Å². The van der Waals surface area contributed by atoms with Crippen molar-refractivity contribution >= 4 is 27.9 Å². The van der Waals surface area contributed by atoms with Crippen molar-refractivity contribution in [3.63, 3.8) is 0 Å². The molecule has 0 unspecified atom stereocenters. The van der Waals surface area contributed by atoms with Crippen LogP contribution in [0, 0.1) is 39.6 Å². The first kappa shape index (κ1) is 26.9. The monoisotopic (exact) mass is 525 g/mol. The second-order valence-corrected chi connectivity index (χ2v) is 13.1. The molecule has 6 fully saturated rings. The van der Waals surface area contributed by atoms with Crippen LogP contribution in [0.15, 0.2) is 29.2 Å². The number of Topliss-reactive ketones (excluding diaryl/α,β-unsaturated/α-hetero) is 2. The van der Waals surface area contributed by atoms with Crippen LogP contribution >= 0.6 is 0 Å². The molecule has 1 aromatic rings. The fraction of sp³-hybridized carbons (Fsp3) is 0.615. The van der Waals surface area contributed by atoms with E-state index in [1.165, 1.54) is 0 Å². The van der Waals surface area contributed by atoms with Crippen LogP contribution in [-0.2, 0) is 30.4 Å². The number of aliphatic imine (C=N–C) groups is 1. The lowest BCUT2D eigenvalue weighted by Crippen LogP contribution is -2.66. The van der Waals surface area contributed by atoms with Crippen molar-refractivity contribution in [2.45, 2.75) is 58.9 Å². The van der Waals surface area contributed by atoms with Crippen LogP contribution in [-0.4, -0.2) is 55.4 Å². The van der Waals surface area contributed by atoms with Gasteiger partial charge in [-0.15, -0.1) is 0 Å². The lowest BCUT2D eigenvalue weighted by Gasteiger charge is -2.69.